The van der Waals surface area contributed by atoms with Gasteiger partial charge >= 0.3 is 0 Å². The van der Waals surface area contributed by atoms with Crippen molar-refractivity contribution in [2.24, 2.45) is 0 Å². The second-order valence-electron chi connectivity index (χ2n) is 3.37. The third kappa shape index (κ3) is 2.97. The Balaban J connectivity index is 2.78. The molecule has 0 aromatic carbocycles. The zero-order valence-corrected chi connectivity index (χ0v) is 10.5. The summed E-state index contributed by atoms with van der Waals surface area (Å²) in [5.41, 5.74) is 1.07. The second-order valence-corrected chi connectivity index (χ2v) is 5.81. The third-order valence-corrected chi connectivity index (χ3v) is 4.02. The molecule has 0 radical (unpaired) electrons. The Labute approximate surface area is 93.8 Å². The van der Waals surface area contributed by atoms with Gasteiger partial charge in [-0.3, -0.25) is 0 Å². The van der Waals surface area contributed by atoms with Crippen molar-refractivity contribution in [1.29, 1.82) is 0 Å². The first-order valence-corrected chi connectivity index (χ1v) is 6.83. The highest BCUT2D eigenvalue weighted by Crippen LogP contribution is 2.27. The molecule has 0 aliphatic heterocycles. The van der Waals surface area contributed by atoms with Crippen LogP contribution >= 0.6 is 23.1 Å². The molecule has 0 unspecified atom stereocenters. The zero-order valence-electron chi connectivity index (χ0n) is 8.91. The Morgan fingerprint density at radius 3 is 2.64 bits per heavy atom. The van der Waals surface area contributed by atoms with E-state index in [1.807, 2.05) is 11.8 Å². The van der Waals surface area contributed by atoms with Crippen LogP contribution in [0.15, 0.2) is 0 Å². The number of aromatic nitrogens is 1. The Hall–Kier alpha value is -0.0600. The maximum absolute atomic E-state index is 9.17. The second kappa shape index (κ2) is 5.73. The monoisotopic (exact) mass is 231 g/mol. The molecule has 2 nitrogen and oxygen atoms in total. The van der Waals surface area contributed by atoms with Crippen LogP contribution in [-0.2, 0) is 12.4 Å². The van der Waals surface area contributed by atoms with Gasteiger partial charge in [0.1, 0.15) is 5.01 Å². The van der Waals surface area contributed by atoms with Crippen LogP contribution in [0.5, 0.6) is 0 Å². The molecule has 0 spiro atoms. The molecule has 0 fully saturated rings. The molecule has 4 heteroatoms. The third-order valence-electron chi connectivity index (χ3n) is 1.89. The Morgan fingerprint density at radius 2 is 2.21 bits per heavy atom. The number of hydrogen-bond donors (Lipinski definition) is 1. The average molecular weight is 231 g/mol. The van der Waals surface area contributed by atoms with Gasteiger partial charge in [0.25, 0.3) is 0 Å². The van der Waals surface area contributed by atoms with Gasteiger partial charge in [0.05, 0.1) is 17.2 Å². The summed E-state index contributed by atoms with van der Waals surface area (Å²) < 4.78 is 0. The fraction of sp³-hybridized carbons (Fsp3) is 0.700. The maximum atomic E-state index is 9.17. The van der Waals surface area contributed by atoms with Gasteiger partial charge in [0.15, 0.2) is 0 Å². The van der Waals surface area contributed by atoms with Crippen molar-refractivity contribution in [1.82, 2.24) is 4.98 Å². The van der Waals surface area contributed by atoms with Crippen molar-refractivity contribution in [3.63, 3.8) is 0 Å². The summed E-state index contributed by atoms with van der Waals surface area (Å²) in [6.45, 7) is 6.51. The first-order valence-electron chi connectivity index (χ1n) is 4.86. The number of rotatable bonds is 5. The van der Waals surface area contributed by atoms with Crippen LogP contribution in [0, 0.1) is 0 Å². The van der Waals surface area contributed by atoms with Crippen LogP contribution in [0.3, 0.4) is 0 Å². The van der Waals surface area contributed by atoms with Crippen LogP contribution in [0.25, 0.3) is 0 Å². The fourth-order valence-electron chi connectivity index (χ4n) is 1.23. The highest BCUT2D eigenvalue weighted by molar-refractivity contribution is 7.98. The van der Waals surface area contributed by atoms with Gasteiger partial charge < -0.3 is 5.11 Å². The van der Waals surface area contributed by atoms with Crippen molar-refractivity contribution in [3.05, 3.63) is 15.6 Å². The summed E-state index contributed by atoms with van der Waals surface area (Å²) in [6, 6.07) is 0. The number of hydrogen-bond acceptors (Lipinski definition) is 4. The lowest BCUT2D eigenvalue weighted by Crippen LogP contribution is -1.93. The zero-order chi connectivity index (χ0) is 10.6. The van der Waals surface area contributed by atoms with E-state index in [2.05, 4.69) is 25.8 Å². The Bertz CT molecular complexity index is 284. The van der Waals surface area contributed by atoms with E-state index in [4.69, 9.17) is 5.11 Å². The predicted octanol–water partition coefficient (Wildman–Crippen LogP) is 3.01. The summed E-state index contributed by atoms with van der Waals surface area (Å²) in [7, 11) is 0. The first kappa shape index (κ1) is 12.0. The molecule has 14 heavy (non-hydrogen) atoms. The Morgan fingerprint density at radius 1 is 1.50 bits per heavy atom. The number of aliphatic hydroxyl groups is 1. The van der Waals surface area contributed by atoms with E-state index in [1.54, 1.807) is 11.3 Å². The summed E-state index contributed by atoms with van der Waals surface area (Å²) in [6.07, 6.45) is 0. The molecule has 0 atom stereocenters. The molecule has 0 aliphatic carbocycles. The molecule has 0 bridgehead atoms. The molecular weight excluding hydrogens is 214 g/mol. The van der Waals surface area contributed by atoms with Gasteiger partial charge in [-0.15, -0.1) is 11.3 Å². The molecule has 80 valence electrons. The molecule has 0 saturated carbocycles. The van der Waals surface area contributed by atoms with Gasteiger partial charge in [0.2, 0.25) is 0 Å². The van der Waals surface area contributed by atoms with Crippen molar-refractivity contribution in [3.8, 4) is 0 Å². The Kier molecular flexibility index (Phi) is 4.92. The highest BCUT2D eigenvalue weighted by atomic mass is 32.2. The van der Waals surface area contributed by atoms with Gasteiger partial charge in [0, 0.05) is 5.75 Å². The van der Waals surface area contributed by atoms with Crippen molar-refractivity contribution in [2.45, 2.75) is 39.0 Å². The maximum Gasteiger partial charge on any atom is 0.103 e. The lowest BCUT2D eigenvalue weighted by molar-refractivity contribution is 0.283. The standard InChI is InChI=1S/C10H17NOS2/c1-4-13-6-9-11-10(7(2)3)8(5-12)14-9/h7,12H,4-6H2,1-3H3. The van der Waals surface area contributed by atoms with Gasteiger partial charge in [-0.25, -0.2) is 4.98 Å². The van der Waals surface area contributed by atoms with Crippen LogP contribution in [0.4, 0.5) is 0 Å². The average Bonchev–Trinajstić information content (AvgIpc) is 2.57. The highest BCUT2D eigenvalue weighted by Gasteiger charge is 2.12. The minimum absolute atomic E-state index is 0.127. The van der Waals surface area contributed by atoms with E-state index < -0.39 is 0 Å². The van der Waals surface area contributed by atoms with Crippen molar-refractivity contribution < 1.29 is 5.11 Å². The predicted molar refractivity (Wildman–Crippen MR) is 64.0 cm³/mol. The molecule has 1 heterocycles. The summed E-state index contributed by atoms with van der Waals surface area (Å²) in [4.78, 5) is 5.59. The van der Waals surface area contributed by atoms with Crippen LogP contribution in [0.1, 0.15) is 42.3 Å². The SMILES string of the molecule is CCSCc1nc(C(C)C)c(CO)s1. The van der Waals surface area contributed by atoms with Crippen LogP contribution in [-0.4, -0.2) is 15.8 Å². The van der Waals surface area contributed by atoms with E-state index in [9.17, 15) is 0 Å². The van der Waals surface area contributed by atoms with Crippen molar-refractivity contribution in [2.75, 3.05) is 5.75 Å². The summed E-state index contributed by atoms with van der Waals surface area (Å²) >= 11 is 3.52. The van der Waals surface area contributed by atoms with Gasteiger partial charge in [-0.1, -0.05) is 20.8 Å². The van der Waals surface area contributed by atoms with E-state index in [0.717, 1.165) is 27.1 Å². The summed E-state index contributed by atoms with van der Waals surface area (Å²) in [5, 5.41) is 10.3. The molecule has 1 aromatic heterocycles. The van der Waals surface area contributed by atoms with Crippen LogP contribution < -0.4 is 0 Å². The van der Waals surface area contributed by atoms with E-state index in [1.165, 1.54) is 0 Å². The molecule has 1 aromatic rings. The molecule has 1 rings (SSSR count). The normalized spacial score (nSPS) is 11.2. The minimum Gasteiger partial charge on any atom is -0.391 e. The lowest BCUT2D eigenvalue weighted by atomic mass is 10.1. The quantitative estimate of drug-likeness (QED) is 0.845. The molecular formula is C10H17NOS2. The molecule has 1 N–H and O–H groups in total. The first-order chi connectivity index (χ1) is 6.69. The largest absolute Gasteiger partial charge is 0.391 e. The number of nitrogens with zero attached hydrogens (tertiary/aromatic N) is 1. The number of thioether (sulfide) groups is 1. The molecule has 0 amide bonds. The number of aliphatic hydroxyl groups excluding tert-OH is 1. The number of thiazole rings is 1. The van der Waals surface area contributed by atoms with E-state index in [0.29, 0.717) is 5.92 Å². The van der Waals surface area contributed by atoms with Gasteiger partial charge in [-0.05, 0) is 11.7 Å². The minimum atomic E-state index is 0.127. The lowest BCUT2D eigenvalue weighted by Gasteiger charge is -2.01. The smallest absolute Gasteiger partial charge is 0.103 e. The van der Waals surface area contributed by atoms with Gasteiger partial charge in [-0.2, -0.15) is 11.8 Å². The van der Waals surface area contributed by atoms with Crippen LogP contribution in [0.2, 0.25) is 0 Å². The fourth-order valence-corrected chi connectivity index (χ4v) is 3.04. The van der Waals surface area contributed by atoms with E-state index >= 15 is 0 Å². The summed E-state index contributed by atoms with van der Waals surface area (Å²) in [5.74, 6) is 2.50. The molecule has 0 saturated heterocycles. The molecule has 0 aliphatic rings. The van der Waals surface area contributed by atoms with E-state index in [-0.39, 0.29) is 6.61 Å². The topological polar surface area (TPSA) is 33.1 Å². The van der Waals surface area contributed by atoms with Crippen molar-refractivity contribution >= 4 is 23.1 Å².